The van der Waals surface area contributed by atoms with Gasteiger partial charge in [0.2, 0.25) is 0 Å². The van der Waals surface area contributed by atoms with E-state index in [4.69, 9.17) is 4.74 Å². The van der Waals surface area contributed by atoms with E-state index in [2.05, 4.69) is 15.5 Å². The van der Waals surface area contributed by atoms with Gasteiger partial charge in [-0.25, -0.2) is 0 Å². The maximum Gasteiger partial charge on any atom is 0.261 e. The highest BCUT2D eigenvalue weighted by Crippen LogP contribution is 2.28. The van der Waals surface area contributed by atoms with Crippen LogP contribution in [-0.4, -0.2) is 58.3 Å². The second-order valence-electron chi connectivity index (χ2n) is 6.38. The normalized spacial score (nSPS) is 17.6. The lowest BCUT2D eigenvalue weighted by Crippen LogP contribution is -2.47. The largest absolute Gasteiger partial charge is 0.384 e. The van der Waals surface area contributed by atoms with Gasteiger partial charge in [-0.2, -0.15) is 0 Å². The third-order valence-electron chi connectivity index (χ3n) is 4.18. The van der Waals surface area contributed by atoms with Gasteiger partial charge in [-0.05, 0) is 57.0 Å². The fraction of sp³-hybridized carbons (Fsp3) is 0.688. The summed E-state index contributed by atoms with van der Waals surface area (Å²) in [6.07, 6.45) is 2.08. The summed E-state index contributed by atoms with van der Waals surface area (Å²) in [5.74, 6) is 0.0425. The van der Waals surface area contributed by atoms with E-state index in [0.29, 0.717) is 13.2 Å². The van der Waals surface area contributed by atoms with E-state index in [1.807, 2.05) is 25.5 Å². The number of thiophene rings is 1. The first-order valence-corrected chi connectivity index (χ1v) is 8.63. The number of carbonyl (C=O) groups is 1. The molecule has 6 heteroatoms. The van der Waals surface area contributed by atoms with E-state index < -0.39 is 0 Å². The minimum absolute atomic E-state index is 0.0425. The van der Waals surface area contributed by atoms with Crippen LogP contribution in [0.4, 0.5) is 0 Å². The Morgan fingerprint density at radius 1 is 1.45 bits per heavy atom. The van der Waals surface area contributed by atoms with Crippen LogP contribution in [0.25, 0.3) is 0 Å². The maximum absolute atomic E-state index is 12.5. The fourth-order valence-electron chi connectivity index (χ4n) is 2.98. The Morgan fingerprint density at radius 2 is 2.18 bits per heavy atom. The van der Waals surface area contributed by atoms with E-state index in [-0.39, 0.29) is 11.3 Å². The van der Waals surface area contributed by atoms with Crippen LogP contribution in [0.5, 0.6) is 0 Å². The molecule has 1 aromatic heterocycles. The molecule has 2 N–H and O–H groups in total. The summed E-state index contributed by atoms with van der Waals surface area (Å²) in [5.41, 5.74) is 1.16. The van der Waals surface area contributed by atoms with Crippen LogP contribution in [0.1, 0.15) is 28.1 Å². The van der Waals surface area contributed by atoms with Crippen LogP contribution in [0.15, 0.2) is 11.4 Å². The van der Waals surface area contributed by atoms with Crippen LogP contribution < -0.4 is 10.6 Å². The molecule has 1 saturated heterocycles. The molecular weight excluding hydrogens is 298 g/mol. The standard InChI is InChI=1S/C16H27N3O2S/c1-19(2)10-13-4-9-22-14(13)15(20)18-11-16(12-21-3)5-7-17-8-6-16/h4,9,17H,5-8,10-12H2,1-3H3,(H,18,20). The van der Waals surface area contributed by atoms with Crippen molar-refractivity contribution in [2.24, 2.45) is 5.41 Å². The van der Waals surface area contributed by atoms with Crippen LogP contribution in [0.2, 0.25) is 0 Å². The molecule has 2 heterocycles. The lowest BCUT2D eigenvalue weighted by atomic mass is 9.79. The molecule has 1 amide bonds. The number of nitrogens with zero attached hydrogens (tertiary/aromatic N) is 1. The van der Waals surface area contributed by atoms with Gasteiger partial charge in [-0.3, -0.25) is 4.79 Å². The molecule has 0 radical (unpaired) electrons. The minimum Gasteiger partial charge on any atom is -0.384 e. The van der Waals surface area contributed by atoms with Crippen molar-refractivity contribution in [3.63, 3.8) is 0 Å². The van der Waals surface area contributed by atoms with Gasteiger partial charge < -0.3 is 20.3 Å². The van der Waals surface area contributed by atoms with Crippen molar-refractivity contribution in [2.45, 2.75) is 19.4 Å². The first kappa shape index (κ1) is 17.4. The number of piperidine rings is 1. The SMILES string of the molecule is COCC1(CNC(=O)c2sccc2CN(C)C)CCNCC1. The molecule has 0 unspecified atom stereocenters. The lowest BCUT2D eigenvalue weighted by molar-refractivity contribution is 0.0512. The molecule has 0 spiro atoms. The van der Waals surface area contributed by atoms with Crippen molar-refractivity contribution in [1.29, 1.82) is 0 Å². The molecule has 0 aliphatic carbocycles. The first-order valence-electron chi connectivity index (χ1n) is 7.75. The number of ether oxygens (including phenoxy) is 1. The quantitative estimate of drug-likeness (QED) is 0.799. The summed E-state index contributed by atoms with van der Waals surface area (Å²) in [4.78, 5) is 15.4. The van der Waals surface area contributed by atoms with Gasteiger partial charge in [0.25, 0.3) is 5.91 Å². The van der Waals surface area contributed by atoms with Gasteiger partial charge in [-0.1, -0.05) is 0 Å². The first-order chi connectivity index (χ1) is 10.6. The Labute approximate surface area is 137 Å². The zero-order chi connectivity index (χ0) is 16.0. The van der Waals surface area contributed by atoms with Crippen molar-refractivity contribution in [3.05, 3.63) is 21.9 Å². The fourth-order valence-corrected chi connectivity index (χ4v) is 3.82. The highest BCUT2D eigenvalue weighted by atomic mass is 32.1. The number of hydrogen-bond donors (Lipinski definition) is 2. The minimum atomic E-state index is 0.0425. The van der Waals surface area contributed by atoms with Crippen molar-refractivity contribution < 1.29 is 9.53 Å². The highest BCUT2D eigenvalue weighted by Gasteiger charge is 2.32. The second kappa shape index (κ2) is 8.06. The number of nitrogens with one attached hydrogen (secondary N) is 2. The molecule has 1 aliphatic heterocycles. The maximum atomic E-state index is 12.5. The zero-order valence-electron chi connectivity index (χ0n) is 13.8. The predicted molar refractivity (Wildman–Crippen MR) is 90.5 cm³/mol. The summed E-state index contributed by atoms with van der Waals surface area (Å²) >= 11 is 1.52. The van der Waals surface area contributed by atoms with Crippen LogP contribution >= 0.6 is 11.3 Å². The number of rotatable bonds is 7. The molecule has 1 fully saturated rings. The van der Waals surface area contributed by atoms with E-state index in [0.717, 1.165) is 42.9 Å². The van der Waals surface area contributed by atoms with Crippen LogP contribution in [0, 0.1) is 5.41 Å². The molecule has 0 atom stereocenters. The molecule has 0 aromatic carbocycles. The van der Waals surface area contributed by atoms with E-state index in [1.165, 1.54) is 11.3 Å². The molecule has 5 nitrogen and oxygen atoms in total. The predicted octanol–water partition coefficient (Wildman–Crippen LogP) is 1.56. The summed E-state index contributed by atoms with van der Waals surface area (Å²) in [6.45, 7) is 4.15. The van der Waals surface area contributed by atoms with Gasteiger partial charge >= 0.3 is 0 Å². The van der Waals surface area contributed by atoms with Crippen molar-refractivity contribution in [3.8, 4) is 0 Å². The smallest absolute Gasteiger partial charge is 0.261 e. The second-order valence-corrected chi connectivity index (χ2v) is 7.29. The van der Waals surface area contributed by atoms with Crippen LogP contribution in [0.3, 0.4) is 0 Å². The summed E-state index contributed by atoms with van der Waals surface area (Å²) in [7, 11) is 5.77. The van der Waals surface area contributed by atoms with Gasteiger partial charge in [0.15, 0.2) is 0 Å². The summed E-state index contributed by atoms with van der Waals surface area (Å²) in [5, 5.41) is 8.50. The molecule has 0 saturated carbocycles. The Balaban J connectivity index is 1.97. The molecule has 1 aliphatic rings. The molecule has 1 aromatic rings. The van der Waals surface area contributed by atoms with Gasteiger partial charge in [-0.15, -0.1) is 11.3 Å². The highest BCUT2D eigenvalue weighted by molar-refractivity contribution is 7.12. The van der Waals surface area contributed by atoms with Gasteiger partial charge in [0.05, 0.1) is 11.5 Å². The average molecular weight is 325 g/mol. The number of hydrogen-bond acceptors (Lipinski definition) is 5. The molecular formula is C16H27N3O2S. The van der Waals surface area contributed by atoms with Gasteiger partial charge in [0.1, 0.15) is 0 Å². The number of carbonyl (C=O) groups excluding carboxylic acids is 1. The van der Waals surface area contributed by atoms with E-state index in [1.54, 1.807) is 7.11 Å². The monoisotopic (exact) mass is 325 g/mol. The molecule has 2 rings (SSSR count). The Bertz CT molecular complexity index is 476. The third-order valence-corrected chi connectivity index (χ3v) is 5.13. The number of amides is 1. The van der Waals surface area contributed by atoms with E-state index >= 15 is 0 Å². The topological polar surface area (TPSA) is 53.6 Å². The van der Waals surface area contributed by atoms with Gasteiger partial charge in [0, 0.05) is 25.6 Å². The van der Waals surface area contributed by atoms with Crippen molar-refractivity contribution >= 4 is 17.2 Å². The Hall–Kier alpha value is -0.950. The zero-order valence-corrected chi connectivity index (χ0v) is 14.6. The average Bonchev–Trinajstić information content (AvgIpc) is 2.93. The van der Waals surface area contributed by atoms with E-state index in [9.17, 15) is 4.79 Å². The van der Waals surface area contributed by atoms with Crippen molar-refractivity contribution in [1.82, 2.24) is 15.5 Å². The summed E-state index contributed by atoms with van der Waals surface area (Å²) in [6, 6.07) is 2.04. The third kappa shape index (κ3) is 4.52. The molecule has 22 heavy (non-hydrogen) atoms. The van der Waals surface area contributed by atoms with Crippen LogP contribution in [-0.2, 0) is 11.3 Å². The van der Waals surface area contributed by atoms with Crippen molar-refractivity contribution in [2.75, 3.05) is 47.4 Å². The number of methoxy groups -OCH3 is 1. The summed E-state index contributed by atoms with van der Waals surface area (Å²) < 4.78 is 5.40. The Kier molecular flexibility index (Phi) is 6.37. The lowest BCUT2D eigenvalue weighted by Gasteiger charge is -2.37. The molecule has 0 bridgehead atoms. The molecule has 124 valence electrons. The Morgan fingerprint density at radius 3 is 2.82 bits per heavy atom.